The fraction of sp³-hybridized carbons (Fsp3) is 0.200. The molecule has 0 bridgehead atoms. The van der Waals surface area contributed by atoms with Gasteiger partial charge in [-0.3, -0.25) is 4.79 Å². The van der Waals surface area contributed by atoms with E-state index in [1.54, 1.807) is 24.4 Å². The molecule has 0 aliphatic heterocycles. The van der Waals surface area contributed by atoms with Crippen molar-refractivity contribution in [3.63, 3.8) is 0 Å². The molecule has 0 atom stereocenters. The number of anilines is 1. The molecule has 0 saturated carbocycles. The lowest BCUT2D eigenvalue weighted by Crippen LogP contribution is -2.13. The van der Waals surface area contributed by atoms with Crippen molar-refractivity contribution in [1.29, 1.82) is 0 Å². The van der Waals surface area contributed by atoms with Crippen molar-refractivity contribution >= 4 is 28.9 Å². The number of carboxylic acid groups (broad SMARTS) is 1. The molecule has 0 fully saturated rings. The van der Waals surface area contributed by atoms with Gasteiger partial charge in [0.25, 0.3) is 5.91 Å². The van der Waals surface area contributed by atoms with Crippen LogP contribution < -0.4 is 10.1 Å². The average molecular weight is 305 g/mol. The summed E-state index contributed by atoms with van der Waals surface area (Å²) in [6.07, 6.45) is 0. The molecule has 1 aromatic heterocycles. The third kappa shape index (κ3) is 3.05. The highest BCUT2D eigenvalue weighted by Crippen LogP contribution is 2.26. The number of methoxy groups -OCH3 is 1. The molecule has 1 heterocycles. The topological polar surface area (TPSA) is 75.6 Å². The van der Waals surface area contributed by atoms with Crippen LogP contribution in [0.2, 0.25) is 0 Å². The highest BCUT2D eigenvalue weighted by molar-refractivity contribution is 7.12. The predicted octanol–water partition coefficient (Wildman–Crippen LogP) is 3.32. The second-order valence-electron chi connectivity index (χ2n) is 4.54. The maximum absolute atomic E-state index is 12.2. The van der Waals surface area contributed by atoms with Gasteiger partial charge in [-0.05, 0) is 48.6 Å². The smallest absolute Gasteiger partial charge is 0.336 e. The highest BCUT2D eigenvalue weighted by Gasteiger charge is 2.16. The molecule has 1 aromatic carbocycles. The van der Waals surface area contributed by atoms with E-state index in [1.165, 1.54) is 24.5 Å². The first-order chi connectivity index (χ1) is 9.93. The van der Waals surface area contributed by atoms with Crippen molar-refractivity contribution in [1.82, 2.24) is 0 Å². The average Bonchev–Trinajstić information content (AvgIpc) is 2.90. The lowest BCUT2D eigenvalue weighted by molar-refractivity contribution is 0.0695. The molecule has 110 valence electrons. The molecule has 2 N–H and O–H groups in total. The summed E-state index contributed by atoms with van der Waals surface area (Å²) in [4.78, 5) is 23.9. The quantitative estimate of drug-likeness (QED) is 0.908. The van der Waals surface area contributed by atoms with Gasteiger partial charge < -0.3 is 15.2 Å². The minimum atomic E-state index is -1.01. The van der Waals surface area contributed by atoms with Crippen molar-refractivity contribution in [2.75, 3.05) is 12.4 Å². The summed E-state index contributed by atoms with van der Waals surface area (Å²) in [6.45, 7) is 3.55. The predicted molar refractivity (Wildman–Crippen MR) is 81.7 cm³/mol. The number of carboxylic acids is 1. The van der Waals surface area contributed by atoms with Crippen LogP contribution in [0.1, 0.15) is 31.2 Å². The van der Waals surface area contributed by atoms with E-state index in [2.05, 4.69) is 5.32 Å². The van der Waals surface area contributed by atoms with Gasteiger partial charge in [0.1, 0.15) is 10.6 Å². The number of nitrogens with one attached hydrogen (secondary N) is 1. The Hall–Kier alpha value is -2.34. The molecule has 0 unspecified atom stereocenters. The first-order valence-corrected chi connectivity index (χ1v) is 7.09. The summed E-state index contributed by atoms with van der Waals surface area (Å²) in [6, 6.07) is 4.92. The molecule has 2 aromatic rings. The maximum atomic E-state index is 12.2. The molecular formula is C15H15NO4S. The Balaban J connectivity index is 2.32. The van der Waals surface area contributed by atoms with E-state index in [0.717, 1.165) is 5.56 Å². The van der Waals surface area contributed by atoms with Gasteiger partial charge in [0.2, 0.25) is 0 Å². The van der Waals surface area contributed by atoms with Gasteiger partial charge in [-0.1, -0.05) is 0 Å². The molecular weight excluding hydrogens is 290 g/mol. The van der Waals surface area contributed by atoms with Gasteiger partial charge >= 0.3 is 5.97 Å². The largest absolute Gasteiger partial charge is 0.495 e. The van der Waals surface area contributed by atoms with Crippen LogP contribution in [0.25, 0.3) is 0 Å². The van der Waals surface area contributed by atoms with Crippen LogP contribution in [0.15, 0.2) is 23.6 Å². The van der Waals surface area contributed by atoms with E-state index in [0.29, 0.717) is 21.9 Å². The summed E-state index contributed by atoms with van der Waals surface area (Å²) in [5, 5.41) is 13.7. The Labute approximate surface area is 126 Å². The summed E-state index contributed by atoms with van der Waals surface area (Å²) in [7, 11) is 1.50. The van der Waals surface area contributed by atoms with E-state index in [1.807, 2.05) is 6.92 Å². The third-order valence-corrected chi connectivity index (χ3v) is 4.11. The summed E-state index contributed by atoms with van der Waals surface area (Å²) >= 11 is 1.27. The number of carbonyl (C=O) groups excluding carboxylic acids is 1. The number of aryl methyl sites for hydroxylation is 1. The van der Waals surface area contributed by atoms with Gasteiger partial charge in [0, 0.05) is 5.69 Å². The van der Waals surface area contributed by atoms with Crippen LogP contribution in [0, 0.1) is 13.8 Å². The van der Waals surface area contributed by atoms with E-state index in [-0.39, 0.29) is 11.5 Å². The number of amides is 1. The Morgan fingerprint density at radius 2 is 2.00 bits per heavy atom. The zero-order valence-electron chi connectivity index (χ0n) is 11.9. The fourth-order valence-electron chi connectivity index (χ4n) is 1.97. The summed E-state index contributed by atoms with van der Waals surface area (Å²) < 4.78 is 5.10. The lowest BCUT2D eigenvalue weighted by atomic mass is 10.0. The van der Waals surface area contributed by atoms with Crippen LogP contribution in [0.5, 0.6) is 5.75 Å². The van der Waals surface area contributed by atoms with Crippen molar-refractivity contribution in [3.8, 4) is 5.75 Å². The van der Waals surface area contributed by atoms with Crippen molar-refractivity contribution in [3.05, 3.63) is 45.1 Å². The van der Waals surface area contributed by atoms with Crippen LogP contribution in [0.3, 0.4) is 0 Å². The van der Waals surface area contributed by atoms with Gasteiger partial charge in [0.05, 0.1) is 12.7 Å². The SMILES string of the molecule is COc1ccsc1C(=O)Nc1cc(C)c(C)c(C(=O)O)c1. The zero-order chi connectivity index (χ0) is 15.6. The first-order valence-electron chi connectivity index (χ1n) is 6.21. The van der Waals surface area contributed by atoms with Crippen LogP contribution in [-0.2, 0) is 0 Å². The maximum Gasteiger partial charge on any atom is 0.336 e. The second kappa shape index (κ2) is 5.97. The molecule has 0 aliphatic carbocycles. The first kappa shape index (κ1) is 15.1. The van der Waals surface area contributed by atoms with Crippen LogP contribution in [-0.4, -0.2) is 24.1 Å². The Morgan fingerprint density at radius 1 is 1.29 bits per heavy atom. The van der Waals surface area contributed by atoms with E-state index >= 15 is 0 Å². The Bertz CT molecular complexity index is 706. The number of carbonyl (C=O) groups is 2. The van der Waals surface area contributed by atoms with E-state index in [4.69, 9.17) is 4.74 Å². The molecule has 0 saturated heterocycles. The lowest BCUT2D eigenvalue weighted by Gasteiger charge is -2.10. The van der Waals surface area contributed by atoms with E-state index in [9.17, 15) is 14.7 Å². The van der Waals surface area contributed by atoms with Gasteiger partial charge in [0.15, 0.2) is 0 Å². The zero-order valence-corrected chi connectivity index (χ0v) is 12.7. The molecule has 0 spiro atoms. The van der Waals surface area contributed by atoms with Crippen molar-refractivity contribution in [2.45, 2.75) is 13.8 Å². The molecule has 2 rings (SSSR count). The number of hydrogen-bond acceptors (Lipinski definition) is 4. The molecule has 0 aliphatic rings. The van der Waals surface area contributed by atoms with Crippen molar-refractivity contribution in [2.24, 2.45) is 0 Å². The number of aromatic carboxylic acids is 1. The standard InChI is InChI=1S/C15H15NO4S/c1-8-6-10(7-11(9(8)2)15(18)19)16-14(17)13-12(20-3)4-5-21-13/h4-7H,1-3H3,(H,16,17)(H,18,19). The number of hydrogen-bond donors (Lipinski definition) is 2. The molecule has 21 heavy (non-hydrogen) atoms. The number of thiophene rings is 1. The third-order valence-electron chi connectivity index (χ3n) is 3.21. The van der Waals surface area contributed by atoms with E-state index < -0.39 is 5.97 Å². The number of rotatable bonds is 4. The minimum Gasteiger partial charge on any atom is -0.495 e. The van der Waals surface area contributed by atoms with Crippen LogP contribution >= 0.6 is 11.3 Å². The van der Waals surface area contributed by atoms with Gasteiger partial charge in [-0.25, -0.2) is 4.79 Å². The second-order valence-corrected chi connectivity index (χ2v) is 5.46. The normalized spacial score (nSPS) is 10.2. The van der Waals surface area contributed by atoms with Gasteiger partial charge in [-0.15, -0.1) is 11.3 Å². The molecule has 5 nitrogen and oxygen atoms in total. The molecule has 6 heteroatoms. The Morgan fingerprint density at radius 3 is 2.62 bits per heavy atom. The monoisotopic (exact) mass is 305 g/mol. The number of ether oxygens (including phenoxy) is 1. The summed E-state index contributed by atoms with van der Waals surface area (Å²) in [5.41, 5.74) is 2.14. The molecule has 0 radical (unpaired) electrons. The van der Waals surface area contributed by atoms with Crippen LogP contribution in [0.4, 0.5) is 5.69 Å². The minimum absolute atomic E-state index is 0.184. The molecule has 1 amide bonds. The summed E-state index contributed by atoms with van der Waals surface area (Å²) in [5.74, 6) is -0.832. The van der Waals surface area contributed by atoms with Gasteiger partial charge in [-0.2, -0.15) is 0 Å². The highest BCUT2D eigenvalue weighted by atomic mass is 32.1. The van der Waals surface area contributed by atoms with Crippen molar-refractivity contribution < 1.29 is 19.4 Å². The number of benzene rings is 1. The fourth-order valence-corrected chi connectivity index (χ4v) is 2.72. The Kier molecular flexibility index (Phi) is 4.28.